The Morgan fingerprint density at radius 3 is 2.21 bits per heavy atom. The van der Waals surface area contributed by atoms with Gasteiger partial charge in [0, 0.05) is 69.7 Å². The molecule has 0 fully saturated rings. The Labute approximate surface area is 541 Å². The first-order chi connectivity index (χ1) is 42.8. The summed E-state index contributed by atoms with van der Waals surface area (Å²) in [6, 6.07) is 9.54. The van der Waals surface area contributed by atoms with E-state index >= 15 is 0 Å². The zero-order chi connectivity index (χ0) is 63.0. The number of aliphatic hydroxyl groups excluding tert-OH is 1. The first-order valence-electron chi connectivity index (χ1n) is 27.5. The number of pyridine rings is 1. The molecule has 0 saturated heterocycles. The number of hydrogen-bond acceptors (Lipinski definition) is 26. The Hall–Kier alpha value is -7.69. The van der Waals surface area contributed by atoms with Crippen molar-refractivity contribution in [2.24, 2.45) is 5.92 Å². The van der Waals surface area contributed by atoms with Crippen molar-refractivity contribution in [1.29, 1.82) is 0 Å². The zero-order valence-corrected chi connectivity index (χ0v) is 55.2. The van der Waals surface area contributed by atoms with Gasteiger partial charge in [0.2, 0.25) is 11.8 Å². The van der Waals surface area contributed by atoms with Gasteiger partial charge >= 0.3 is 6.09 Å². The number of aryl methyl sites for hydroxylation is 2. The second-order valence-electron chi connectivity index (χ2n) is 20.5. The minimum atomic E-state index is -1.28. The molecule has 1 aliphatic rings. The van der Waals surface area contributed by atoms with E-state index in [1.54, 1.807) is 78.0 Å². The number of fused-ring (bicyclic) bond motifs is 14. The molecule has 9 aromatic rings. The maximum absolute atomic E-state index is 14.4. The van der Waals surface area contributed by atoms with Gasteiger partial charge in [0.15, 0.2) is 4.34 Å². The number of aromatic nitrogens is 9. The van der Waals surface area contributed by atoms with Crippen LogP contribution >= 0.6 is 91.1 Å². The molecule has 0 radical (unpaired) electrons. The topological polar surface area (TPSA) is 328 Å². The van der Waals surface area contributed by atoms with Crippen LogP contribution in [-0.4, -0.2) is 124 Å². The third-order valence-corrected chi connectivity index (χ3v) is 21.5. The molecule has 0 spiro atoms. The average Bonchev–Trinajstić information content (AvgIpc) is 2.73. The number of ketones is 1. The molecule has 9 heterocycles. The number of Topliss-reactive ketones (excluding diaryl/α,β-unsaturated/α-hetero) is 1. The van der Waals surface area contributed by atoms with E-state index < -0.39 is 66.4 Å². The summed E-state index contributed by atoms with van der Waals surface area (Å²) >= 11 is 10.1. The van der Waals surface area contributed by atoms with Crippen LogP contribution in [0.3, 0.4) is 0 Å². The van der Waals surface area contributed by atoms with Crippen molar-refractivity contribution in [2.45, 2.75) is 94.8 Å². The number of carbonyl (C=O) groups excluding carboxylic acids is 7. The van der Waals surface area contributed by atoms with E-state index in [0.29, 0.717) is 103 Å². The zero-order valence-electron chi connectivity index (χ0n) is 48.6. The summed E-state index contributed by atoms with van der Waals surface area (Å²) in [5.74, 6) is -2.82. The van der Waals surface area contributed by atoms with Crippen LogP contribution in [0, 0.1) is 19.8 Å². The van der Waals surface area contributed by atoms with Crippen molar-refractivity contribution < 1.29 is 43.4 Å². The van der Waals surface area contributed by atoms with E-state index in [0.717, 1.165) is 16.3 Å². The number of hydrogen-bond donors (Lipinski definition) is 6. The predicted octanol–water partition coefficient (Wildman–Crippen LogP) is 9.56. The number of thioether (sulfide) groups is 1. The summed E-state index contributed by atoms with van der Waals surface area (Å²) in [5, 5.41) is 44.8. The van der Waals surface area contributed by atoms with E-state index in [4.69, 9.17) is 39.6 Å². The van der Waals surface area contributed by atoms with Crippen LogP contribution in [0.25, 0.3) is 43.4 Å². The Kier molecular flexibility index (Phi) is 20.8. The molecule has 462 valence electrons. The standard InChI is InChI=1S/C57H57N15O9S8/c1-26(2)41-55-69-44(38(89-55)25-86-56-71-70-29(5)88-56)48(78)59-19-40(75)66-45(46(76)30-13-9-8-10-14-30)54-65-37(24-85-54)52-63-35(22-84-52)43-32(15-16-33(61-43)51-60-31(21-82-51)20-81-57(80)72(7)17-11-12-27(3)73)50-64-36(23-83-50)47(77)62-34(18-39(74)58-6)53-68-42(28(4)87-53)49(79)67-41/h8-10,13-16,21-24,26,34,41,45-46,76H,11-12,17-20,25H2,1-7H3,(H,58,74)(H,59,78)(H,62,77)(H,66,75)(H,67,79). The van der Waals surface area contributed by atoms with Gasteiger partial charge in [-0.05, 0) is 50.8 Å². The molecule has 1 aromatic carbocycles. The van der Waals surface area contributed by atoms with Crippen LogP contribution in [0.4, 0.5) is 4.79 Å². The van der Waals surface area contributed by atoms with Crippen molar-refractivity contribution in [3.63, 3.8) is 0 Å². The van der Waals surface area contributed by atoms with E-state index in [9.17, 15) is 38.7 Å². The van der Waals surface area contributed by atoms with Crippen LogP contribution in [0.5, 0.6) is 0 Å². The Bertz CT molecular complexity index is 4080. The Morgan fingerprint density at radius 2 is 1.46 bits per heavy atom. The number of carbonyl (C=O) groups is 7. The largest absolute Gasteiger partial charge is 0.443 e. The maximum Gasteiger partial charge on any atom is 0.409 e. The van der Waals surface area contributed by atoms with Gasteiger partial charge in [0.25, 0.3) is 17.7 Å². The molecule has 8 aromatic heterocycles. The molecular formula is C57H57N15O9S8. The molecule has 89 heavy (non-hydrogen) atoms. The second kappa shape index (κ2) is 28.9. The fourth-order valence-electron chi connectivity index (χ4n) is 8.92. The quantitative estimate of drug-likeness (QED) is 0.0520. The van der Waals surface area contributed by atoms with Gasteiger partial charge in [-0.15, -0.1) is 78.2 Å². The Morgan fingerprint density at radius 1 is 0.730 bits per heavy atom. The fraction of sp³-hybridized carbons (Fsp3) is 0.333. The third-order valence-electron chi connectivity index (χ3n) is 13.5. The van der Waals surface area contributed by atoms with Gasteiger partial charge in [-0.2, -0.15) is 0 Å². The maximum atomic E-state index is 14.4. The summed E-state index contributed by atoms with van der Waals surface area (Å²) < 4.78 is 6.21. The van der Waals surface area contributed by atoms with Gasteiger partial charge < -0.3 is 46.1 Å². The first kappa shape index (κ1) is 64.3. The molecule has 1 aliphatic heterocycles. The van der Waals surface area contributed by atoms with Gasteiger partial charge in [-0.3, -0.25) is 24.0 Å². The smallest absolute Gasteiger partial charge is 0.409 e. The number of benzene rings is 1. The van der Waals surface area contributed by atoms with Crippen molar-refractivity contribution in [2.75, 3.05) is 27.2 Å². The number of nitrogens with one attached hydrogen (secondary N) is 5. The lowest BCUT2D eigenvalue weighted by Crippen LogP contribution is -2.40. The SMILES string of the molecule is CNC(=O)CC1NC(=O)c2csc(n2)-c2ccc(-c3nc(COC(=O)N(C)CCCC(C)=O)cs3)nc2-c2csc(n2)-c2csc(n2)C(C(O)c2ccccc2)NC(=O)CNC(=O)c2nc(sc2CSc2nnc(C)s2)C(C(C)C)NC(=O)c2nc1sc2C. The van der Waals surface area contributed by atoms with Gasteiger partial charge in [-0.25, -0.2) is 39.7 Å². The molecule has 6 N–H and O–H groups in total. The third kappa shape index (κ3) is 15.7. The lowest BCUT2D eigenvalue weighted by Gasteiger charge is -2.23. The molecule has 4 unspecified atom stereocenters. The number of aliphatic hydroxyl groups is 1. The van der Waals surface area contributed by atoms with E-state index in [2.05, 4.69) is 36.8 Å². The number of thiazole rings is 6. The normalized spacial score (nSPS) is 16.0. The van der Waals surface area contributed by atoms with E-state index in [1.807, 2.05) is 20.8 Å². The highest BCUT2D eigenvalue weighted by Crippen LogP contribution is 2.40. The van der Waals surface area contributed by atoms with E-state index in [-0.39, 0.29) is 47.6 Å². The lowest BCUT2D eigenvalue weighted by molar-refractivity contribution is -0.122. The number of nitrogens with zero attached hydrogens (tertiary/aromatic N) is 10. The lowest BCUT2D eigenvalue weighted by atomic mass is 10.0. The molecule has 10 rings (SSSR count). The van der Waals surface area contributed by atoms with Crippen molar-refractivity contribution in [1.82, 2.24) is 76.6 Å². The van der Waals surface area contributed by atoms with Crippen LogP contribution in [0.1, 0.15) is 137 Å². The van der Waals surface area contributed by atoms with Crippen LogP contribution in [0.2, 0.25) is 0 Å². The number of ether oxygens (including phenoxy) is 1. The van der Waals surface area contributed by atoms with Crippen molar-refractivity contribution >= 4 is 133 Å². The molecule has 4 atom stereocenters. The highest BCUT2D eigenvalue weighted by Gasteiger charge is 2.33. The monoisotopic (exact) mass is 1350 g/mol. The highest BCUT2D eigenvalue weighted by molar-refractivity contribution is 8.00. The molecule has 6 amide bonds. The van der Waals surface area contributed by atoms with Gasteiger partial charge in [-0.1, -0.05) is 67.3 Å². The van der Waals surface area contributed by atoms with Crippen molar-refractivity contribution in [3.05, 3.63) is 122 Å². The molecule has 0 saturated carbocycles. The molecule has 10 bridgehead atoms. The van der Waals surface area contributed by atoms with E-state index in [1.165, 1.54) is 98.7 Å². The Balaban J connectivity index is 1.02. The van der Waals surface area contributed by atoms with Crippen LogP contribution < -0.4 is 26.6 Å². The summed E-state index contributed by atoms with van der Waals surface area (Å²) in [7, 11) is 3.08. The van der Waals surface area contributed by atoms with Crippen LogP contribution in [0.15, 0.2) is 68.3 Å². The summed E-state index contributed by atoms with van der Waals surface area (Å²) in [6.45, 7) is 8.58. The summed E-state index contributed by atoms with van der Waals surface area (Å²) in [4.78, 5) is 131. The summed E-state index contributed by atoms with van der Waals surface area (Å²) in [5.41, 5.74) is 3.31. The molecule has 24 nitrogen and oxygen atoms in total. The summed E-state index contributed by atoms with van der Waals surface area (Å²) in [6.07, 6.45) is -1.21. The van der Waals surface area contributed by atoms with Gasteiger partial charge in [0.05, 0.1) is 36.4 Å². The first-order valence-corrected chi connectivity index (χ1v) is 34.5. The predicted molar refractivity (Wildman–Crippen MR) is 343 cm³/mol. The molecular weight excluding hydrogens is 1300 g/mol. The number of rotatable bonds is 15. The highest BCUT2D eigenvalue weighted by atomic mass is 32.2. The fourth-order valence-corrected chi connectivity index (χ4v) is 16.4. The average molecular weight is 1350 g/mol. The van der Waals surface area contributed by atoms with Gasteiger partial charge in [0.1, 0.15) is 93.8 Å². The molecule has 32 heteroatoms. The van der Waals surface area contributed by atoms with Crippen molar-refractivity contribution in [3.8, 4) is 43.4 Å². The minimum absolute atomic E-state index is 0.0292. The second-order valence-corrected chi connectivity index (χ2v) is 28.7. The minimum Gasteiger partial charge on any atom is -0.443 e. The number of amides is 6. The van der Waals surface area contributed by atoms with Crippen LogP contribution in [-0.2, 0) is 31.5 Å². The molecule has 0 aliphatic carbocycles.